The van der Waals surface area contributed by atoms with Gasteiger partial charge in [-0.05, 0) is 17.5 Å². The van der Waals surface area contributed by atoms with Gasteiger partial charge in [0, 0.05) is 5.92 Å². The predicted octanol–water partition coefficient (Wildman–Crippen LogP) is 3.11. The van der Waals surface area contributed by atoms with Crippen LogP contribution >= 0.6 is 0 Å². The minimum absolute atomic E-state index is 0.0928. The highest BCUT2D eigenvalue weighted by Gasteiger charge is 2.13. The molecule has 0 aliphatic carbocycles. The molecule has 1 atom stereocenters. The van der Waals surface area contributed by atoms with E-state index < -0.39 is 0 Å². The summed E-state index contributed by atoms with van der Waals surface area (Å²) in [6, 6.07) is 19.7. The van der Waals surface area contributed by atoms with E-state index in [2.05, 4.69) is 5.48 Å². The van der Waals surface area contributed by atoms with E-state index in [0.717, 1.165) is 11.1 Å². The van der Waals surface area contributed by atoms with Crippen molar-refractivity contribution in [1.29, 1.82) is 0 Å². The molecule has 0 aliphatic heterocycles. The van der Waals surface area contributed by atoms with Gasteiger partial charge in [0.25, 0.3) is 0 Å². The molecule has 1 N–H and O–H groups in total. The number of amides is 1. The second kappa shape index (κ2) is 7.46. The van der Waals surface area contributed by atoms with Crippen LogP contribution in [0.25, 0.3) is 0 Å². The topological polar surface area (TPSA) is 38.3 Å². The Labute approximate surface area is 119 Å². The van der Waals surface area contributed by atoms with Gasteiger partial charge in [-0.25, -0.2) is 5.48 Å². The second-order valence-corrected chi connectivity index (χ2v) is 4.83. The summed E-state index contributed by atoms with van der Waals surface area (Å²) in [4.78, 5) is 17.1. The van der Waals surface area contributed by atoms with Crippen LogP contribution in [0.5, 0.6) is 0 Å². The Morgan fingerprint density at radius 1 is 1.00 bits per heavy atom. The Morgan fingerprint density at radius 3 is 2.15 bits per heavy atom. The van der Waals surface area contributed by atoms with Gasteiger partial charge in [0.2, 0.25) is 5.91 Å². The first-order valence-corrected chi connectivity index (χ1v) is 6.75. The average Bonchev–Trinajstić information content (AvgIpc) is 2.49. The van der Waals surface area contributed by atoms with Crippen LogP contribution in [0.2, 0.25) is 0 Å². The lowest BCUT2D eigenvalue weighted by molar-refractivity contribution is -0.138. The van der Waals surface area contributed by atoms with E-state index in [-0.39, 0.29) is 11.8 Å². The Balaban J connectivity index is 1.74. The summed E-state index contributed by atoms with van der Waals surface area (Å²) in [5.74, 6) is -0.210. The summed E-state index contributed by atoms with van der Waals surface area (Å²) in [6.07, 6.45) is 0.710. The van der Waals surface area contributed by atoms with E-state index in [1.807, 2.05) is 67.6 Å². The fourth-order valence-corrected chi connectivity index (χ4v) is 1.93. The molecule has 1 amide bonds. The number of benzene rings is 2. The fraction of sp³-hybridized carbons (Fsp3) is 0.235. The molecule has 2 rings (SSSR count). The molecule has 0 aliphatic rings. The largest absolute Gasteiger partial charge is 0.272 e. The monoisotopic (exact) mass is 269 g/mol. The van der Waals surface area contributed by atoms with Crippen LogP contribution in [0.15, 0.2) is 60.7 Å². The quantitative estimate of drug-likeness (QED) is 0.818. The van der Waals surface area contributed by atoms with E-state index in [0.29, 0.717) is 13.0 Å². The molecule has 0 bridgehead atoms. The molecule has 0 radical (unpaired) electrons. The summed E-state index contributed by atoms with van der Waals surface area (Å²) in [7, 11) is 0. The Morgan fingerprint density at radius 2 is 1.55 bits per heavy atom. The molecule has 0 heterocycles. The highest BCUT2D eigenvalue weighted by molar-refractivity contribution is 5.77. The Kier molecular flexibility index (Phi) is 5.33. The molecule has 20 heavy (non-hydrogen) atoms. The molecule has 2 aromatic carbocycles. The van der Waals surface area contributed by atoms with Crippen molar-refractivity contribution < 1.29 is 9.63 Å². The van der Waals surface area contributed by atoms with Crippen molar-refractivity contribution in [2.24, 2.45) is 5.92 Å². The number of hydrogen-bond donors (Lipinski definition) is 1. The zero-order chi connectivity index (χ0) is 14.2. The highest BCUT2D eigenvalue weighted by atomic mass is 16.6. The molecule has 0 saturated carbocycles. The van der Waals surface area contributed by atoms with Crippen LogP contribution in [0, 0.1) is 5.92 Å². The second-order valence-electron chi connectivity index (χ2n) is 4.83. The number of hydrogen-bond acceptors (Lipinski definition) is 2. The highest BCUT2D eigenvalue weighted by Crippen LogP contribution is 2.08. The van der Waals surface area contributed by atoms with Gasteiger partial charge in [-0.15, -0.1) is 0 Å². The number of carbonyl (C=O) groups excluding carboxylic acids is 1. The first-order valence-electron chi connectivity index (χ1n) is 6.75. The van der Waals surface area contributed by atoms with Crippen molar-refractivity contribution in [2.75, 3.05) is 0 Å². The van der Waals surface area contributed by atoms with Gasteiger partial charge < -0.3 is 0 Å². The molecule has 0 spiro atoms. The summed E-state index contributed by atoms with van der Waals surface area (Å²) in [5, 5.41) is 0. The van der Waals surface area contributed by atoms with E-state index in [1.54, 1.807) is 0 Å². The number of rotatable bonds is 6. The normalized spacial score (nSPS) is 11.8. The number of carbonyl (C=O) groups is 1. The Bertz CT molecular complexity index is 525. The summed E-state index contributed by atoms with van der Waals surface area (Å²) in [6.45, 7) is 2.28. The van der Waals surface area contributed by atoms with E-state index in [4.69, 9.17) is 4.84 Å². The third-order valence-electron chi connectivity index (χ3n) is 3.09. The zero-order valence-corrected chi connectivity index (χ0v) is 11.6. The standard InChI is InChI=1S/C17H19NO2/c1-14(12-15-8-4-2-5-9-15)17(19)18-20-13-16-10-6-3-7-11-16/h2-11,14H,12-13H2,1H3,(H,18,19). The van der Waals surface area contributed by atoms with Gasteiger partial charge in [0.05, 0.1) is 6.61 Å². The van der Waals surface area contributed by atoms with Gasteiger partial charge in [-0.3, -0.25) is 9.63 Å². The third kappa shape index (κ3) is 4.52. The lowest BCUT2D eigenvalue weighted by Gasteiger charge is -2.12. The molecule has 0 aromatic heterocycles. The fourth-order valence-electron chi connectivity index (χ4n) is 1.93. The molecular weight excluding hydrogens is 250 g/mol. The molecular formula is C17H19NO2. The maximum absolute atomic E-state index is 11.9. The SMILES string of the molecule is CC(Cc1ccccc1)C(=O)NOCc1ccccc1. The predicted molar refractivity (Wildman–Crippen MR) is 78.7 cm³/mol. The smallest absolute Gasteiger partial charge is 0.246 e. The van der Waals surface area contributed by atoms with Gasteiger partial charge >= 0.3 is 0 Å². The third-order valence-corrected chi connectivity index (χ3v) is 3.09. The van der Waals surface area contributed by atoms with Crippen molar-refractivity contribution >= 4 is 5.91 Å². The van der Waals surface area contributed by atoms with Crippen LogP contribution < -0.4 is 5.48 Å². The van der Waals surface area contributed by atoms with Gasteiger partial charge in [-0.2, -0.15) is 0 Å². The molecule has 3 heteroatoms. The van der Waals surface area contributed by atoms with Crippen LogP contribution in [0.3, 0.4) is 0 Å². The van der Waals surface area contributed by atoms with Crippen LogP contribution in [-0.2, 0) is 22.7 Å². The van der Waals surface area contributed by atoms with Gasteiger partial charge in [0.15, 0.2) is 0 Å². The van der Waals surface area contributed by atoms with Crippen LogP contribution in [0.1, 0.15) is 18.1 Å². The maximum atomic E-state index is 11.9. The first kappa shape index (κ1) is 14.3. The molecule has 0 fully saturated rings. The van der Waals surface area contributed by atoms with Crippen molar-refractivity contribution in [3.63, 3.8) is 0 Å². The van der Waals surface area contributed by atoms with Gasteiger partial charge in [0.1, 0.15) is 0 Å². The van der Waals surface area contributed by atoms with E-state index >= 15 is 0 Å². The first-order chi connectivity index (χ1) is 9.75. The number of hydroxylamine groups is 1. The number of nitrogens with one attached hydrogen (secondary N) is 1. The summed E-state index contributed by atoms with van der Waals surface area (Å²) < 4.78 is 0. The maximum Gasteiger partial charge on any atom is 0.246 e. The van der Waals surface area contributed by atoms with Crippen molar-refractivity contribution in [3.05, 3.63) is 71.8 Å². The van der Waals surface area contributed by atoms with Crippen LogP contribution in [0.4, 0.5) is 0 Å². The van der Waals surface area contributed by atoms with Crippen molar-refractivity contribution in [3.8, 4) is 0 Å². The Hall–Kier alpha value is -2.13. The summed E-state index contributed by atoms with van der Waals surface area (Å²) in [5.41, 5.74) is 4.69. The minimum atomic E-state index is -0.117. The lowest BCUT2D eigenvalue weighted by Crippen LogP contribution is -2.30. The average molecular weight is 269 g/mol. The minimum Gasteiger partial charge on any atom is -0.272 e. The molecule has 0 saturated heterocycles. The summed E-state index contributed by atoms with van der Waals surface area (Å²) >= 11 is 0. The molecule has 2 aromatic rings. The molecule has 3 nitrogen and oxygen atoms in total. The lowest BCUT2D eigenvalue weighted by atomic mass is 10.0. The molecule has 1 unspecified atom stereocenters. The van der Waals surface area contributed by atoms with Crippen molar-refractivity contribution in [1.82, 2.24) is 5.48 Å². The molecule has 104 valence electrons. The van der Waals surface area contributed by atoms with Gasteiger partial charge in [-0.1, -0.05) is 67.6 Å². The van der Waals surface area contributed by atoms with Crippen LogP contribution in [-0.4, -0.2) is 5.91 Å². The van der Waals surface area contributed by atoms with Crippen molar-refractivity contribution in [2.45, 2.75) is 20.0 Å². The zero-order valence-electron chi connectivity index (χ0n) is 11.6. The van der Waals surface area contributed by atoms with E-state index in [9.17, 15) is 4.79 Å². The van der Waals surface area contributed by atoms with E-state index in [1.165, 1.54) is 0 Å².